The molecule has 0 spiro atoms. The Bertz CT molecular complexity index is 1400. The van der Waals surface area contributed by atoms with Crippen molar-refractivity contribution in [3.05, 3.63) is 57.1 Å². The van der Waals surface area contributed by atoms with E-state index < -0.39 is 24.5 Å². The molecule has 39 heavy (non-hydrogen) atoms. The maximum Gasteiger partial charge on any atom is 0.341 e. The molecule has 3 heterocycles. The minimum atomic E-state index is -0.536. The highest BCUT2D eigenvalue weighted by atomic mass is 32.1. The number of hydrogen-bond donors (Lipinski definition) is 1. The Morgan fingerprint density at radius 3 is 2.59 bits per heavy atom. The van der Waals surface area contributed by atoms with E-state index >= 15 is 0 Å². The number of anilines is 1. The van der Waals surface area contributed by atoms with Crippen molar-refractivity contribution in [3.63, 3.8) is 0 Å². The van der Waals surface area contributed by atoms with Gasteiger partial charge in [-0.15, -0.1) is 11.3 Å². The number of carbonyl (C=O) groups excluding carboxylic acids is 3. The largest absolute Gasteiger partial charge is 0.462 e. The highest BCUT2D eigenvalue weighted by Crippen LogP contribution is 2.38. The van der Waals surface area contributed by atoms with Crippen molar-refractivity contribution < 1.29 is 23.9 Å². The van der Waals surface area contributed by atoms with Gasteiger partial charge in [0.25, 0.3) is 5.91 Å². The molecule has 0 unspecified atom stereocenters. The van der Waals surface area contributed by atoms with Crippen molar-refractivity contribution in [1.29, 1.82) is 0 Å². The molecule has 1 aromatic carbocycles. The Morgan fingerprint density at radius 2 is 1.77 bits per heavy atom. The van der Waals surface area contributed by atoms with E-state index in [1.807, 2.05) is 24.3 Å². The van der Waals surface area contributed by atoms with Crippen molar-refractivity contribution in [2.45, 2.75) is 65.3 Å². The van der Waals surface area contributed by atoms with Crippen LogP contribution < -0.4 is 5.32 Å². The summed E-state index contributed by atoms with van der Waals surface area (Å²) in [5.41, 5.74) is 4.45. The smallest absolute Gasteiger partial charge is 0.341 e. The number of aryl methyl sites for hydroxylation is 1. The molecule has 8 nitrogen and oxygen atoms in total. The number of nitrogens with one attached hydrogen (secondary N) is 1. The van der Waals surface area contributed by atoms with Gasteiger partial charge >= 0.3 is 11.9 Å². The van der Waals surface area contributed by atoms with Gasteiger partial charge in [-0.3, -0.25) is 14.7 Å². The van der Waals surface area contributed by atoms with Crippen LogP contribution >= 0.6 is 11.3 Å². The fraction of sp³-hybridized carbons (Fsp3) is 0.467. The van der Waals surface area contributed by atoms with Crippen LogP contribution in [0.3, 0.4) is 0 Å². The van der Waals surface area contributed by atoms with Crippen LogP contribution in [0.2, 0.25) is 0 Å². The van der Waals surface area contributed by atoms with Crippen molar-refractivity contribution in [2.75, 3.05) is 31.6 Å². The molecule has 2 aliphatic rings. The van der Waals surface area contributed by atoms with Crippen LogP contribution in [-0.4, -0.2) is 54.0 Å². The number of fused-ring (bicyclic) bond motifs is 3. The zero-order valence-corrected chi connectivity index (χ0v) is 23.5. The number of aromatic nitrogens is 1. The number of esters is 2. The van der Waals surface area contributed by atoms with Crippen LogP contribution in [0.4, 0.5) is 5.00 Å². The summed E-state index contributed by atoms with van der Waals surface area (Å²) >= 11 is 1.43. The topological polar surface area (TPSA) is 97.8 Å². The minimum absolute atomic E-state index is 0.258. The Morgan fingerprint density at radius 1 is 0.974 bits per heavy atom. The standard InChI is InChI=1S/C30H35N3O5S/c1-3-15-33-16-14-23-21(17-33)26(19-10-8-9-12-22(19)31-23)29(35)38-18-25(34)32-28-27(30(36)37-4-2)20-11-6-5-7-13-24(20)39-28/h8-10,12H,3-7,11,13-18H2,1-2H3,(H,32,34). The third kappa shape index (κ3) is 5.84. The zero-order chi connectivity index (χ0) is 27.4. The molecule has 0 atom stereocenters. The number of para-hydroxylation sites is 1. The molecule has 2 aromatic heterocycles. The normalized spacial score (nSPS) is 15.2. The van der Waals surface area contributed by atoms with Gasteiger partial charge in [0.15, 0.2) is 6.61 Å². The number of benzene rings is 1. The van der Waals surface area contributed by atoms with Crippen LogP contribution in [0.15, 0.2) is 24.3 Å². The summed E-state index contributed by atoms with van der Waals surface area (Å²) in [5.74, 6) is -1.44. The molecule has 5 rings (SSSR count). The Balaban J connectivity index is 1.36. The van der Waals surface area contributed by atoms with E-state index in [0.29, 0.717) is 22.7 Å². The van der Waals surface area contributed by atoms with Gasteiger partial charge in [0.1, 0.15) is 5.00 Å². The van der Waals surface area contributed by atoms with Crippen molar-refractivity contribution >= 4 is 45.1 Å². The van der Waals surface area contributed by atoms with Crippen LogP contribution in [0.25, 0.3) is 10.9 Å². The first-order chi connectivity index (χ1) is 19.0. The average Bonchev–Trinajstić information content (AvgIpc) is 3.10. The van der Waals surface area contributed by atoms with Gasteiger partial charge < -0.3 is 14.8 Å². The predicted octanol–water partition coefficient (Wildman–Crippen LogP) is 5.31. The van der Waals surface area contributed by atoms with Gasteiger partial charge in [-0.2, -0.15) is 0 Å². The molecule has 1 amide bonds. The number of ether oxygens (including phenoxy) is 2. The zero-order valence-electron chi connectivity index (χ0n) is 22.6. The lowest BCUT2D eigenvalue weighted by atomic mass is 9.95. The second kappa shape index (κ2) is 12.3. The van der Waals surface area contributed by atoms with Gasteiger partial charge in [0.2, 0.25) is 0 Å². The summed E-state index contributed by atoms with van der Waals surface area (Å²) < 4.78 is 10.9. The van der Waals surface area contributed by atoms with Crippen LogP contribution in [0.5, 0.6) is 0 Å². The number of rotatable bonds is 8. The lowest BCUT2D eigenvalue weighted by Crippen LogP contribution is -2.33. The maximum absolute atomic E-state index is 13.5. The second-order valence-electron chi connectivity index (χ2n) is 10.1. The maximum atomic E-state index is 13.5. The lowest BCUT2D eigenvalue weighted by molar-refractivity contribution is -0.119. The highest BCUT2D eigenvalue weighted by molar-refractivity contribution is 7.17. The quantitative estimate of drug-likeness (QED) is 0.301. The van der Waals surface area contributed by atoms with Gasteiger partial charge in [-0.25, -0.2) is 9.59 Å². The molecule has 9 heteroatoms. The predicted molar refractivity (Wildman–Crippen MR) is 151 cm³/mol. The van der Waals surface area contributed by atoms with E-state index in [-0.39, 0.29) is 6.61 Å². The average molecular weight is 550 g/mol. The van der Waals surface area contributed by atoms with Crippen molar-refractivity contribution in [2.24, 2.45) is 0 Å². The highest BCUT2D eigenvalue weighted by Gasteiger charge is 2.29. The summed E-state index contributed by atoms with van der Waals surface area (Å²) in [6, 6.07) is 7.56. The number of carbonyl (C=O) groups is 3. The number of nitrogens with zero attached hydrogens (tertiary/aromatic N) is 2. The molecule has 0 radical (unpaired) electrons. The second-order valence-corrected chi connectivity index (χ2v) is 11.2. The molecule has 0 bridgehead atoms. The van der Waals surface area contributed by atoms with Gasteiger partial charge in [-0.05, 0) is 57.2 Å². The Labute approximate surface area is 232 Å². The Kier molecular flexibility index (Phi) is 8.57. The summed E-state index contributed by atoms with van der Waals surface area (Å²) in [5, 5.41) is 4.04. The van der Waals surface area contributed by atoms with Crippen LogP contribution in [0.1, 0.15) is 81.9 Å². The molecule has 0 saturated heterocycles. The summed E-state index contributed by atoms with van der Waals surface area (Å²) in [6.07, 6.45) is 6.64. The molecule has 0 fully saturated rings. The van der Waals surface area contributed by atoms with E-state index in [1.165, 1.54) is 11.3 Å². The third-order valence-electron chi connectivity index (χ3n) is 7.36. The van der Waals surface area contributed by atoms with E-state index in [9.17, 15) is 14.4 Å². The van der Waals surface area contributed by atoms with Crippen LogP contribution in [-0.2, 0) is 40.1 Å². The van der Waals surface area contributed by atoms with Gasteiger partial charge in [0, 0.05) is 41.0 Å². The molecule has 1 aliphatic heterocycles. The SMILES string of the molecule is CCCN1CCc2nc3ccccc3c(C(=O)OCC(=O)Nc3sc4c(c3C(=O)OCC)CCCCC4)c2C1. The third-order valence-corrected chi connectivity index (χ3v) is 8.56. The van der Waals surface area contributed by atoms with Gasteiger partial charge in [0.05, 0.1) is 23.3 Å². The first kappa shape index (κ1) is 27.3. The van der Waals surface area contributed by atoms with E-state index in [0.717, 1.165) is 90.6 Å². The minimum Gasteiger partial charge on any atom is -0.462 e. The summed E-state index contributed by atoms with van der Waals surface area (Å²) in [6.45, 7) is 6.18. The molecule has 1 aliphatic carbocycles. The summed E-state index contributed by atoms with van der Waals surface area (Å²) in [7, 11) is 0. The van der Waals surface area contributed by atoms with E-state index in [4.69, 9.17) is 14.5 Å². The molecular formula is C30H35N3O5S. The molecule has 0 saturated carbocycles. The first-order valence-electron chi connectivity index (χ1n) is 13.9. The van der Waals surface area contributed by atoms with Crippen molar-refractivity contribution in [1.82, 2.24) is 9.88 Å². The molecular weight excluding hydrogens is 514 g/mol. The van der Waals surface area contributed by atoms with Crippen molar-refractivity contribution in [3.8, 4) is 0 Å². The number of hydrogen-bond acceptors (Lipinski definition) is 8. The van der Waals surface area contributed by atoms with E-state index in [2.05, 4.69) is 17.1 Å². The molecule has 1 N–H and O–H groups in total. The first-order valence-corrected chi connectivity index (χ1v) is 14.7. The number of thiophene rings is 1. The molecule has 206 valence electrons. The number of pyridine rings is 1. The number of amides is 1. The lowest BCUT2D eigenvalue weighted by Gasteiger charge is -2.29. The Hall–Kier alpha value is -3.30. The molecule has 3 aromatic rings. The van der Waals surface area contributed by atoms with Gasteiger partial charge in [-0.1, -0.05) is 31.5 Å². The van der Waals surface area contributed by atoms with Crippen LogP contribution in [0, 0.1) is 0 Å². The van der Waals surface area contributed by atoms with E-state index in [1.54, 1.807) is 6.92 Å². The fourth-order valence-electron chi connectivity index (χ4n) is 5.60. The monoisotopic (exact) mass is 549 g/mol. The fourth-order valence-corrected chi connectivity index (χ4v) is 6.90. The summed E-state index contributed by atoms with van der Waals surface area (Å²) in [4.78, 5) is 47.6.